The van der Waals surface area contributed by atoms with Gasteiger partial charge in [-0.2, -0.15) is 0 Å². The highest BCUT2D eigenvalue weighted by Crippen LogP contribution is 2.31. The Hall–Kier alpha value is -0.570. The van der Waals surface area contributed by atoms with Crippen molar-refractivity contribution in [2.24, 2.45) is 0 Å². The van der Waals surface area contributed by atoms with Crippen LogP contribution >= 0.6 is 0 Å². The van der Waals surface area contributed by atoms with Crippen LogP contribution < -0.4 is 0 Å². The second-order valence-corrected chi connectivity index (χ2v) is 6.65. The minimum atomic E-state index is -0.0738. The number of epoxide rings is 1. The van der Waals surface area contributed by atoms with E-state index in [-0.39, 0.29) is 5.97 Å². The highest BCUT2D eigenvalue weighted by Gasteiger charge is 2.36. The van der Waals surface area contributed by atoms with Crippen LogP contribution in [-0.2, 0) is 14.3 Å². The molecule has 0 aromatic rings. The van der Waals surface area contributed by atoms with E-state index in [4.69, 9.17) is 4.74 Å². The SMILES string of the molecule is CCCCC[C@H]1O[C@@H]1CCCCCCCCCCC(=O)OC. The van der Waals surface area contributed by atoms with Crippen molar-refractivity contribution in [2.75, 3.05) is 7.11 Å². The van der Waals surface area contributed by atoms with Crippen molar-refractivity contribution < 1.29 is 14.3 Å². The van der Waals surface area contributed by atoms with Crippen LogP contribution in [-0.4, -0.2) is 25.3 Å². The summed E-state index contributed by atoms with van der Waals surface area (Å²) in [4.78, 5) is 10.9. The zero-order valence-electron chi connectivity index (χ0n) is 14.8. The average Bonchev–Trinajstić information content (AvgIpc) is 3.27. The number of unbranched alkanes of at least 4 members (excludes halogenated alkanes) is 9. The summed E-state index contributed by atoms with van der Waals surface area (Å²) >= 11 is 0. The molecule has 0 aromatic heterocycles. The van der Waals surface area contributed by atoms with Gasteiger partial charge >= 0.3 is 5.97 Å². The Morgan fingerprint density at radius 2 is 1.32 bits per heavy atom. The van der Waals surface area contributed by atoms with E-state index in [0.29, 0.717) is 18.6 Å². The van der Waals surface area contributed by atoms with Crippen LogP contribution in [0.3, 0.4) is 0 Å². The van der Waals surface area contributed by atoms with Crippen LogP contribution in [0.5, 0.6) is 0 Å². The maximum Gasteiger partial charge on any atom is 0.305 e. The standard InChI is InChI=1S/C19H36O3/c1-3-4-11-14-17-18(22-17)15-12-9-7-5-6-8-10-13-16-19(20)21-2/h17-18H,3-16H2,1-2H3/t17-,18-/m1/s1. The van der Waals surface area contributed by atoms with E-state index < -0.39 is 0 Å². The molecule has 0 aromatic carbocycles. The van der Waals surface area contributed by atoms with E-state index in [1.54, 1.807) is 0 Å². The molecule has 0 saturated carbocycles. The van der Waals surface area contributed by atoms with Gasteiger partial charge in [0.1, 0.15) is 0 Å². The van der Waals surface area contributed by atoms with Gasteiger partial charge in [-0.05, 0) is 19.3 Å². The number of esters is 1. The summed E-state index contributed by atoms with van der Waals surface area (Å²) in [5.74, 6) is -0.0738. The Labute approximate surface area is 137 Å². The maximum atomic E-state index is 10.9. The maximum absolute atomic E-state index is 10.9. The van der Waals surface area contributed by atoms with Gasteiger partial charge in [-0.1, -0.05) is 71.1 Å². The van der Waals surface area contributed by atoms with Crippen molar-refractivity contribution in [1.82, 2.24) is 0 Å². The van der Waals surface area contributed by atoms with Crippen molar-refractivity contribution in [3.63, 3.8) is 0 Å². The molecule has 1 aliphatic rings. The van der Waals surface area contributed by atoms with Gasteiger partial charge < -0.3 is 9.47 Å². The Morgan fingerprint density at radius 1 is 0.818 bits per heavy atom. The molecule has 1 heterocycles. The summed E-state index contributed by atoms with van der Waals surface area (Å²) in [6.45, 7) is 2.25. The van der Waals surface area contributed by atoms with Crippen molar-refractivity contribution in [2.45, 2.75) is 109 Å². The Balaban J connectivity index is 1.73. The smallest absolute Gasteiger partial charge is 0.305 e. The van der Waals surface area contributed by atoms with Crippen LogP contribution in [0.1, 0.15) is 96.8 Å². The quantitative estimate of drug-likeness (QED) is 0.230. The van der Waals surface area contributed by atoms with Crippen molar-refractivity contribution in [3.8, 4) is 0 Å². The topological polar surface area (TPSA) is 38.8 Å². The third-order valence-corrected chi connectivity index (χ3v) is 4.63. The lowest BCUT2D eigenvalue weighted by atomic mass is 10.0. The van der Waals surface area contributed by atoms with Crippen LogP contribution in [0.25, 0.3) is 0 Å². The molecular weight excluding hydrogens is 276 g/mol. The molecule has 0 N–H and O–H groups in total. The van der Waals surface area contributed by atoms with Crippen LogP contribution in [0, 0.1) is 0 Å². The van der Waals surface area contributed by atoms with E-state index in [0.717, 1.165) is 12.8 Å². The molecule has 1 fully saturated rings. The van der Waals surface area contributed by atoms with Crippen LogP contribution in [0.2, 0.25) is 0 Å². The first-order valence-electron chi connectivity index (χ1n) is 9.50. The average molecular weight is 312 g/mol. The largest absolute Gasteiger partial charge is 0.469 e. The molecule has 2 atom stereocenters. The van der Waals surface area contributed by atoms with Gasteiger partial charge in [0.25, 0.3) is 0 Å². The first kappa shape index (κ1) is 19.5. The normalized spacial score (nSPS) is 20.1. The number of carbonyl (C=O) groups is 1. The Bertz CT molecular complexity index is 278. The predicted octanol–water partition coefficient (Wildman–Crippen LogP) is 5.41. The van der Waals surface area contributed by atoms with E-state index in [2.05, 4.69) is 11.7 Å². The highest BCUT2D eigenvalue weighted by molar-refractivity contribution is 5.68. The molecule has 1 aliphatic heterocycles. The highest BCUT2D eigenvalue weighted by atomic mass is 16.6. The summed E-state index contributed by atoms with van der Waals surface area (Å²) < 4.78 is 10.4. The molecule has 0 spiro atoms. The lowest BCUT2D eigenvalue weighted by molar-refractivity contribution is -0.140. The lowest BCUT2D eigenvalue weighted by Crippen LogP contribution is -1.99. The first-order valence-corrected chi connectivity index (χ1v) is 9.50. The summed E-state index contributed by atoms with van der Waals surface area (Å²) in [6.07, 6.45) is 18.4. The molecule has 0 amide bonds. The third kappa shape index (κ3) is 10.2. The first-order chi connectivity index (χ1) is 10.8. The van der Waals surface area contributed by atoms with Gasteiger partial charge in [-0.25, -0.2) is 0 Å². The number of ether oxygens (including phenoxy) is 2. The fraction of sp³-hybridized carbons (Fsp3) is 0.947. The minimum Gasteiger partial charge on any atom is -0.469 e. The predicted molar refractivity (Wildman–Crippen MR) is 91.0 cm³/mol. The van der Waals surface area contributed by atoms with Crippen molar-refractivity contribution >= 4 is 5.97 Å². The number of carbonyl (C=O) groups excluding carboxylic acids is 1. The van der Waals surface area contributed by atoms with E-state index in [9.17, 15) is 4.79 Å². The van der Waals surface area contributed by atoms with E-state index >= 15 is 0 Å². The zero-order valence-corrected chi connectivity index (χ0v) is 14.8. The number of rotatable bonds is 15. The second kappa shape index (κ2) is 12.9. The molecule has 0 radical (unpaired) electrons. The monoisotopic (exact) mass is 312 g/mol. The van der Waals surface area contributed by atoms with Crippen molar-refractivity contribution in [3.05, 3.63) is 0 Å². The van der Waals surface area contributed by atoms with Gasteiger partial charge in [0, 0.05) is 6.42 Å². The van der Waals surface area contributed by atoms with Gasteiger partial charge in [0.2, 0.25) is 0 Å². The molecule has 3 nitrogen and oxygen atoms in total. The minimum absolute atomic E-state index is 0.0738. The van der Waals surface area contributed by atoms with E-state index in [1.807, 2.05) is 0 Å². The molecule has 1 saturated heterocycles. The summed E-state index contributed by atoms with van der Waals surface area (Å²) in [6, 6.07) is 0. The molecule has 130 valence electrons. The molecule has 22 heavy (non-hydrogen) atoms. The second-order valence-electron chi connectivity index (χ2n) is 6.65. The molecule has 0 aliphatic carbocycles. The molecule has 0 bridgehead atoms. The van der Waals surface area contributed by atoms with Crippen molar-refractivity contribution in [1.29, 1.82) is 0 Å². The van der Waals surface area contributed by atoms with Gasteiger partial charge in [-0.3, -0.25) is 4.79 Å². The number of methoxy groups -OCH3 is 1. The van der Waals surface area contributed by atoms with Crippen LogP contribution in [0.4, 0.5) is 0 Å². The van der Waals surface area contributed by atoms with Crippen LogP contribution in [0.15, 0.2) is 0 Å². The van der Waals surface area contributed by atoms with E-state index in [1.165, 1.54) is 77.7 Å². The summed E-state index contributed by atoms with van der Waals surface area (Å²) in [5.41, 5.74) is 0. The Morgan fingerprint density at radius 3 is 1.86 bits per heavy atom. The fourth-order valence-corrected chi connectivity index (χ4v) is 3.06. The third-order valence-electron chi connectivity index (χ3n) is 4.63. The molecule has 1 rings (SSSR count). The molecule has 3 heteroatoms. The zero-order chi connectivity index (χ0) is 16.0. The fourth-order valence-electron chi connectivity index (χ4n) is 3.06. The summed E-state index contributed by atoms with van der Waals surface area (Å²) in [7, 11) is 1.46. The lowest BCUT2D eigenvalue weighted by Gasteiger charge is -2.02. The molecular formula is C19H36O3. The molecule has 0 unspecified atom stereocenters. The number of hydrogen-bond acceptors (Lipinski definition) is 3. The Kier molecular flexibility index (Phi) is 11.4. The van der Waals surface area contributed by atoms with Gasteiger partial charge in [0.05, 0.1) is 19.3 Å². The van der Waals surface area contributed by atoms with Gasteiger partial charge in [-0.15, -0.1) is 0 Å². The summed E-state index contributed by atoms with van der Waals surface area (Å²) in [5, 5.41) is 0. The number of hydrogen-bond donors (Lipinski definition) is 0. The van der Waals surface area contributed by atoms with Gasteiger partial charge in [0.15, 0.2) is 0 Å².